The van der Waals surface area contributed by atoms with E-state index in [1.807, 2.05) is 29.1 Å². The quantitative estimate of drug-likeness (QED) is 0.909. The lowest BCUT2D eigenvalue weighted by atomic mass is 10.2. The smallest absolute Gasteiger partial charge is 0.321 e. The van der Waals surface area contributed by atoms with Crippen LogP contribution in [0.15, 0.2) is 42.7 Å². The highest BCUT2D eigenvalue weighted by Gasteiger charge is 2.16. The molecule has 5 nitrogen and oxygen atoms in total. The molecule has 0 radical (unpaired) electrons. The number of carbonyl (C=O) groups excluding carboxylic acids is 1. The fourth-order valence-electron chi connectivity index (χ4n) is 1.80. The van der Waals surface area contributed by atoms with Gasteiger partial charge in [-0.3, -0.25) is 0 Å². The first-order valence-corrected chi connectivity index (χ1v) is 6.60. The number of halogens is 1. The van der Waals surface area contributed by atoms with Crippen LogP contribution in [0.2, 0.25) is 0 Å². The minimum absolute atomic E-state index is 0.100. The Bertz CT molecular complexity index is 613. The van der Waals surface area contributed by atoms with Crippen LogP contribution < -0.4 is 5.32 Å². The summed E-state index contributed by atoms with van der Waals surface area (Å²) in [6.07, 6.45) is 3.66. The van der Waals surface area contributed by atoms with Gasteiger partial charge in [0, 0.05) is 25.1 Å². The summed E-state index contributed by atoms with van der Waals surface area (Å²) in [6.45, 7) is 1.54. The van der Waals surface area contributed by atoms with Crippen molar-refractivity contribution in [3.63, 3.8) is 0 Å². The lowest BCUT2D eigenvalue weighted by Gasteiger charge is -2.23. The Labute approximate surface area is 122 Å². The molecule has 0 saturated heterocycles. The van der Waals surface area contributed by atoms with Gasteiger partial charge in [-0.05, 0) is 37.3 Å². The van der Waals surface area contributed by atoms with Crippen molar-refractivity contribution in [3.8, 4) is 5.69 Å². The standard InChI is InChI=1S/C15H18FN3O2/c1-11(10-20)18(2)15(21)17-14-9-12(5-6-13(14)16)19-7-3-4-8-19/h3-9,11,20H,10H2,1-2H3,(H,17,21). The van der Waals surface area contributed by atoms with Gasteiger partial charge in [0.2, 0.25) is 0 Å². The van der Waals surface area contributed by atoms with Gasteiger partial charge in [-0.1, -0.05) is 0 Å². The van der Waals surface area contributed by atoms with E-state index in [4.69, 9.17) is 5.11 Å². The number of aromatic nitrogens is 1. The van der Waals surface area contributed by atoms with Crippen LogP contribution in [0, 0.1) is 5.82 Å². The molecule has 1 atom stereocenters. The summed E-state index contributed by atoms with van der Waals surface area (Å²) in [6, 6.07) is 7.40. The highest BCUT2D eigenvalue weighted by Crippen LogP contribution is 2.19. The second kappa shape index (κ2) is 6.41. The van der Waals surface area contributed by atoms with E-state index in [0.29, 0.717) is 0 Å². The molecule has 2 aromatic rings. The monoisotopic (exact) mass is 291 g/mol. The molecule has 0 saturated carbocycles. The van der Waals surface area contributed by atoms with Gasteiger partial charge in [0.1, 0.15) is 5.82 Å². The van der Waals surface area contributed by atoms with E-state index in [1.54, 1.807) is 26.1 Å². The average molecular weight is 291 g/mol. The first kappa shape index (κ1) is 15.1. The van der Waals surface area contributed by atoms with Crippen molar-refractivity contribution in [1.82, 2.24) is 9.47 Å². The SMILES string of the molecule is CC(CO)N(C)C(=O)Nc1cc(-n2cccc2)ccc1F. The van der Waals surface area contributed by atoms with Crippen LogP contribution in [0.1, 0.15) is 6.92 Å². The average Bonchev–Trinajstić information content (AvgIpc) is 3.02. The molecule has 2 amide bonds. The van der Waals surface area contributed by atoms with Crippen molar-refractivity contribution in [1.29, 1.82) is 0 Å². The Balaban J connectivity index is 2.20. The molecule has 2 rings (SSSR count). The lowest BCUT2D eigenvalue weighted by Crippen LogP contribution is -2.40. The highest BCUT2D eigenvalue weighted by molar-refractivity contribution is 5.89. The minimum atomic E-state index is -0.510. The van der Waals surface area contributed by atoms with Gasteiger partial charge in [0.05, 0.1) is 18.3 Å². The minimum Gasteiger partial charge on any atom is -0.394 e. The van der Waals surface area contributed by atoms with Crippen LogP contribution in [0.25, 0.3) is 5.69 Å². The normalized spacial score (nSPS) is 12.0. The topological polar surface area (TPSA) is 57.5 Å². The summed E-state index contributed by atoms with van der Waals surface area (Å²) in [5, 5.41) is 11.6. The number of carbonyl (C=O) groups is 1. The summed E-state index contributed by atoms with van der Waals surface area (Å²) in [4.78, 5) is 13.3. The van der Waals surface area contributed by atoms with Crippen molar-refractivity contribution in [2.75, 3.05) is 19.0 Å². The number of aliphatic hydroxyl groups excluding tert-OH is 1. The molecule has 6 heteroatoms. The number of likely N-dealkylation sites (N-methyl/N-ethyl adjacent to an activating group) is 1. The molecule has 1 heterocycles. The second-order valence-corrected chi connectivity index (χ2v) is 4.83. The summed E-state index contributed by atoms with van der Waals surface area (Å²) in [7, 11) is 1.55. The van der Waals surface area contributed by atoms with Crippen LogP contribution >= 0.6 is 0 Å². The highest BCUT2D eigenvalue weighted by atomic mass is 19.1. The van der Waals surface area contributed by atoms with Gasteiger partial charge >= 0.3 is 6.03 Å². The number of amides is 2. The number of nitrogens with one attached hydrogen (secondary N) is 1. The molecule has 112 valence electrons. The lowest BCUT2D eigenvalue weighted by molar-refractivity contribution is 0.166. The number of hydrogen-bond donors (Lipinski definition) is 2. The fraction of sp³-hybridized carbons (Fsp3) is 0.267. The Morgan fingerprint density at radius 3 is 2.71 bits per heavy atom. The van der Waals surface area contributed by atoms with E-state index in [2.05, 4.69) is 5.32 Å². The van der Waals surface area contributed by atoms with E-state index in [-0.39, 0.29) is 18.3 Å². The molecular formula is C15H18FN3O2. The molecule has 0 fully saturated rings. The third-order valence-corrected chi connectivity index (χ3v) is 3.34. The number of nitrogens with zero attached hydrogens (tertiary/aromatic N) is 2. The van der Waals surface area contributed by atoms with E-state index in [1.165, 1.54) is 11.0 Å². The molecule has 1 unspecified atom stereocenters. The van der Waals surface area contributed by atoms with Gasteiger partial charge in [0.15, 0.2) is 0 Å². The zero-order valence-corrected chi connectivity index (χ0v) is 12.0. The maximum atomic E-state index is 13.8. The number of benzene rings is 1. The molecule has 1 aromatic heterocycles. The van der Waals surface area contributed by atoms with Gasteiger partial charge in [-0.25, -0.2) is 9.18 Å². The molecular weight excluding hydrogens is 273 g/mol. The second-order valence-electron chi connectivity index (χ2n) is 4.83. The van der Waals surface area contributed by atoms with Crippen molar-refractivity contribution in [2.24, 2.45) is 0 Å². The van der Waals surface area contributed by atoms with Gasteiger partial charge in [-0.2, -0.15) is 0 Å². The molecule has 21 heavy (non-hydrogen) atoms. The summed E-state index contributed by atoms with van der Waals surface area (Å²) >= 11 is 0. The van der Waals surface area contributed by atoms with Crippen molar-refractivity contribution < 1.29 is 14.3 Å². The Morgan fingerprint density at radius 2 is 2.10 bits per heavy atom. The molecule has 0 aliphatic carbocycles. The van der Waals surface area contributed by atoms with E-state index in [0.717, 1.165) is 5.69 Å². The Hall–Kier alpha value is -2.34. The number of aliphatic hydroxyl groups is 1. The Kier molecular flexibility index (Phi) is 4.59. The third kappa shape index (κ3) is 3.41. The van der Waals surface area contributed by atoms with Gasteiger partial charge in [0.25, 0.3) is 0 Å². The largest absolute Gasteiger partial charge is 0.394 e. The maximum Gasteiger partial charge on any atom is 0.321 e. The number of anilines is 1. The predicted octanol–water partition coefficient (Wildman–Crippen LogP) is 2.46. The molecule has 2 N–H and O–H groups in total. The van der Waals surface area contributed by atoms with Crippen molar-refractivity contribution in [2.45, 2.75) is 13.0 Å². The summed E-state index contributed by atoms with van der Waals surface area (Å²) < 4.78 is 15.6. The van der Waals surface area contributed by atoms with Crippen molar-refractivity contribution >= 4 is 11.7 Å². The summed E-state index contributed by atoms with van der Waals surface area (Å²) in [5.74, 6) is -0.510. The van der Waals surface area contributed by atoms with Crippen LogP contribution in [0.4, 0.5) is 14.9 Å². The molecule has 0 aliphatic heterocycles. The molecule has 1 aromatic carbocycles. The zero-order chi connectivity index (χ0) is 15.4. The fourth-order valence-corrected chi connectivity index (χ4v) is 1.80. The van der Waals surface area contributed by atoms with E-state index < -0.39 is 11.8 Å². The van der Waals surface area contributed by atoms with E-state index in [9.17, 15) is 9.18 Å². The molecule has 0 aliphatic rings. The van der Waals surface area contributed by atoms with Crippen LogP contribution in [-0.4, -0.2) is 40.3 Å². The maximum absolute atomic E-state index is 13.8. The van der Waals surface area contributed by atoms with Crippen molar-refractivity contribution in [3.05, 3.63) is 48.5 Å². The van der Waals surface area contributed by atoms with Crippen LogP contribution in [0.5, 0.6) is 0 Å². The van der Waals surface area contributed by atoms with E-state index >= 15 is 0 Å². The van der Waals surface area contributed by atoms with Gasteiger partial charge < -0.3 is 19.9 Å². The molecule has 0 spiro atoms. The van der Waals surface area contributed by atoms with Crippen LogP contribution in [0.3, 0.4) is 0 Å². The third-order valence-electron chi connectivity index (χ3n) is 3.34. The summed E-state index contributed by atoms with van der Waals surface area (Å²) in [5.41, 5.74) is 0.845. The number of rotatable bonds is 4. The zero-order valence-electron chi connectivity index (χ0n) is 12.0. The van der Waals surface area contributed by atoms with Gasteiger partial charge in [-0.15, -0.1) is 0 Å². The predicted molar refractivity (Wildman–Crippen MR) is 79.1 cm³/mol. The first-order chi connectivity index (χ1) is 10.0. The first-order valence-electron chi connectivity index (χ1n) is 6.60. The number of hydrogen-bond acceptors (Lipinski definition) is 2. The number of urea groups is 1. The Morgan fingerprint density at radius 1 is 1.43 bits per heavy atom. The molecule has 0 bridgehead atoms. The van der Waals surface area contributed by atoms with Crippen LogP contribution in [-0.2, 0) is 0 Å².